The van der Waals surface area contributed by atoms with Crippen molar-refractivity contribution >= 4 is 17.7 Å². The van der Waals surface area contributed by atoms with Gasteiger partial charge in [-0.1, -0.05) is 30.8 Å². The van der Waals surface area contributed by atoms with Crippen molar-refractivity contribution in [3.8, 4) is 0 Å². The molecule has 0 fully saturated rings. The van der Waals surface area contributed by atoms with E-state index in [1.807, 2.05) is 24.3 Å². The Labute approximate surface area is 142 Å². The van der Waals surface area contributed by atoms with Crippen LogP contribution in [0.2, 0.25) is 0 Å². The number of carbonyl (C=O) groups is 3. The van der Waals surface area contributed by atoms with E-state index in [4.69, 9.17) is 0 Å². The molecule has 6 nitrogen and oxygen atoms in total. The Kier molecular flexibility index (Phi) is 5.73. The lowest BCUT2D eigenvalue weighted by Crippen LogP contribution is -2.45. The van der Waals surface area contributed by atoms with Crippen molar-refractivity contribution in [1.29, 1.82) is 0 Å². The lowest BCUT2D eigenvalue weighted by atomic mass is 9.99. The second-order valence-corrected chi connectivity index (χ2v) is 5.77. The summed E-state index contributed by atoms with van der Waals surface area (Å²) in [6, 6.07) is 6.90. The SMILES string of the molecule is C=CC(=O)N(CC)CC(=O)NC1C(=O)N(C)CCc2ccccc21. The minimum Gasteiger partial charge on any atom is -0.343 e. The molecule has 1 atom stereocenters. The van der Waals surface area contributed by atoms with Crippen molar-refractivity contribution in [3.63, 3.8) is 0 Å². The minimum atomic E-state index is -0.723. The van der Waals surface area contributed by atoms with Crippen LogP contribution in [-0.4, -0.2) is 54.2 Å². The molecule has 6 heteroatoms. The van der Waals surface area contributed by atoms with Crippen molar-refractivity contribution in [3.05, 3.63) is 48.0 Å². The van der Waals surface area contributed by atoms with Gasteiger partial charge in [-0.2, -0.15) is 0 Å². The Bertz CT molecular complexity index is 657. The van der Waals surface area contributed by atoms with E-state index in [2.05, 4.69) is 11.9 Å². The third kappa shape index (κ3) is 3.82. The van der Waals surface area contributed by atoms with Crippen LogP contribution in [0.5, 0.6) is 0 Å². The third-order valence-corrected chi connectivity index (χ3v) is 4.21. The first-order valence-electron chi connectivity index (χ1n) is 8.01. The van der Waals surface area contributed by atoms with Gasteiger partial charge in [-0.25, -0.2) is 0 Å². The third-order valence-electron chi connectivity index (χ3n) is 4.21. The number of likely N-dealkylation sites (N-methyl/N-ethyl adjacent to an activating group) is 2. The zero-order chi connectivity index (χ0) is 17.7. The van der Waals surface area contributed by atoms with Gasteiger partial charge in [0.15, 0.2) is 0 Å². The molecule has 0 radical (unpaired) electrons. The number of carbonyl (C=O) groups excluding carboxylic acids is 3. The summed E-state index contributed by atoms with van der Waals surface area (Å²) < 4.78 is 0. The van der Waals surface area contributed by atoms with E-state index in [0.717, 1.165) is 17.5 Å². The van der Waals surface area contributed by atoms with E-state index in [0.29, 0.717) is 13.1 Å². The maximum absolute atomic E-state index is 12.6. The molecule has 3 amide bonds. The van der Waals surface area contributed by atoms with Gasteiger partial charge in [-0.15, -0.1) is 0 Å². The second-order valence-electron chi connectivity index (χ2n) is 5.77. The summed E-state index contributed by atoms with van der Waals surface area (Å²) in [5.74, 6) is -0.820. The zero-order valence-electron chi connectivity index (χ0n) is 14.1. The van der Waals surface area contributed by atoms with Gasteiger partial charge in [0, 0.05) is 20.1 Å². The molecule has 128 valence electrons. The van der Waals surface area contributed by atoms with Gasteiger partial charge in [-0.05, 0) is 30.5 Å². The fraction of sp³-hybridized carbons (Fsp3) is 0.389. The largest absolute Gasteiger partial charge is 0.343 e. The highest BCUT2D eigenvalue weighted by Crippen LogP contribution is 2.24. The molecule has 0 bridgehead atoms. The highest BCUT2D eigenvalue weighted by atomic mass is 16.2. The first-order valence-corrected chi connectivity index (χ1v) is 8.01. The fourth-order valence-corrected chi connectivity index (χ4v) is 2.79. The first kappa shape index (κ1) is 17.7. The molecule has 1 aromatic rings. The molecule has 2 rings (SSSR count). The summed E-state index contributed by atoms with van der Waals surface area (Å²) in [5.41, 5.74) is 1.87. The lowest BCUT2D eigenvalue weighted by Gasteiger charge is -2.24. The Morgan fingerprint density at radius 2 is 2.12 bits per heavy atom. The molecule has 24 heavy (non-hydrogen) atoms. The molecular formula is C18H23N3O3. The molecule has 1 unspecified atom stereocenters. The van der Waals surface area contributed by atoms with Gasteiger partial charge in [0.2, 0.25) is 17.7 Å². The highest BCUT2D eigenvalue weighted by Gasteiger charge is 2.30. The average molecular weight is 329 g/mol. The molecule has 0 saturated carbocycles. The van der Waals surface area contributed by atoms with Gasteiger partial charge in [0.25, 0.3) is 0 Å². The Hall–Kier alpha value is -2.63. The first-order chi connectivity index (χ1) is 11.5. The molecular weight excluding hydrogens is 306 g/mol. The molecule has 1 N–H and O–H groups in total. The maximum atomic E-state index is 12.6. The van der Waals surface area contributed by atoms with Gasteiger partial charge < -0.3 is 15.1 Å². The molecule has 1 aromatic carbocycles. The summed E-state index contributed by atoms with van der Waals surface area (Å²) in [7, 11) is 1.73. The van der Waals surface area contributed by atoms with Crippen molar-refractivity contribution in [1.82, 2.24) is 15.1 Å². The molecule has 0 aliphatic carbocycles. The van der Waals surface area contributed by atoms with Crippen molar-refractivity contribution in [2.75, 3.05) is 26.7 Å². The van der Waals surface area contributed by atoms with E-state index in [9.17, 15) is 14.4 Å². The van der Waals surface area contributed by atoms with Crippen molar-refractivity contribution < 1.29 is 14.4 Å². The van der Waals surface area contributed by atoms with Crippen molar-refractivity contribution in [2.24, 2.45) is 0 Å². The number of nitrogens with zero attached hydrogens (tertiary/aromatic N) is 2. The second kappa shape index (κ2) is 7.77. The summed E-state index contributed by atoms with van der Waals surface area (Å²) in [5, 5.41) is 2.78. The molecule has 1 aliphatic heterocycles. The Morgan fingerprint density at radius 3 is 2.79 bits per heavy atom. The van der Waals surface area contributed by atoms with Crippen LogP contribution in [0.15, 0.2) is 36.9 Å². The van der Waals surface area contributed by atoms with E-state index in [-0.39, 0.29) is 24.3 Å². The van der Waals surface area contributed by atoms with E-state index in [1.165, 1.54) is 11.0 Å². The van der Waals surface area contributed by atoms with E-state index >= 15 is 0 Å². The van der Waals surface area contributed by atoms with Crippen LogP contribution in [0.4, 0.5) is 0 Å². The zero-order valence-corrected chi connectivity index (χ0v) is 14.1. The normalized spacial score (nSPS) is 16.8. The van der Waals surface area contributed by atoms with Gasteiger partial charge in [0.1, 0.15) is 6.04 Å². The molecule has 1 aliphatic rings. The monoisotopic (exact) mass is 329 g/mol. The van der Waals surface area contributed by atoms with Crippen LogP contribution in [-0.2, 0) is 20.8 Å². The predicted molar refractivity (Wildman–Crippen MR) is 91.1 cm³/mol. The van der Waals surface area contributed by atoms with Crippen LogP contribution in [0.25, 0.3) is 0 Å². The smallest absolute Gasteiger partial charge is 0.249 e. The summed E-state index contributed by atoms with van der Waals surface area (Å²) in [6.45, 7) is 6.12. The van der Waals surface area contributed by atoms with Crippen LogP contribution in [0.1, 0.15) is 24.1 Å². The number of benzene rings is 1. The van der Waals surface area contributed by atoms with E-state index < -0.39 is 6.04 Å². The standard InChI is InChI=1S/C18H23N3O3/c1-4-16(23)21(5-2)12-15(22)19-17-14-9-7-6-8-13(14)10-11-20(3)18(17)24/h4,6-9,17H,1,5,10-12H2,2-3H3,(H,19,22). The van der Waals surface area contributed by atoms with Gasteiger partial charge in [-0.3, -0.25) is 14.4 Å². The summed E-state index contributed by atoms with van der Waals surface area (Å²) >= 11 is 0. The molecule has 0 aromatic heterocycles. The topological polar surface area (TPSA) is 69.7 Å². The number of nitrogens with one attached hydrogen (secondary N) is 1. The van der Waals surface area contributed by atoms with E-state index in [1.54, 1.807) is 18.9 Å². The van der Waals surface area contributed by atoms with Crippen LogP contribution >= 0.6 is 0 Å². The summed E-state index contributed by atoms with van der Waals surface area (Å²) in [6.07, 6.45) is 1.93. The molecule has 0 saturated heterocycles. The van der Waals surface area contributed by atoms with Crippen molar-refractivity contribution in [2.45, 2.75) is 19.4 Å². The number of rotatable bonds is 5. The maximum Gasteiger partial charge on any atom is 0.249 e. The van der Waals surface area contributed by atoms with Gasteiger partial charge >= 0.3 is 0 Å². The number of fused-ring (bicyclic) bond motifs is 1. The van der Waals surface area contributed by atoms with Crippen LogP contribution < -0.4 is 5.32 Å². The van der Waals surface area contributed by atoms with Crippen LogP contribution in [0, 0.1) is 0 Å². The number of hydrogen-bond acceptors (Lipinski definition) is 3. The molecule has 0 spiro atoms. The number of hydrogen-bond donors (Lipinski definition) is 1. The van der Waals surface area contributed by atoms with Crippen LogP contribution in [0.3, 0.4) is 0 Å². The number of amides is 3. The lowest BCUT2D eigenvalue weighted by molar-refractivity contribution is -0.137. The predicted octanol–water partition coefficient (Wildman–Crippen LogP) is 0.893. The average Bonchev–Trinajstić information content (AvgIpc) is 2.71. The fourth-order valence-electron chi connectivity index (χ4n) is 2.79. The Morgan fingerprint density at radius 1 is 1.42 bits per heavy atom. The quantitative estimate of drug-likeness (QED) is 0.816. The highest BCUT2D eigenvalue weighted by molar-refractivity contribution is 5.93. The Balaban J connectivity index is 2.19. The van der Waals surface area contributed by atoms with Gasteiger partial charge in [0.05, 0.1) is 6.54 Å². The summed E-state index contributed by atoms with van der Waals surface area (Å²) in [4.78, 5) is 39.7. The molecule has 1 heterocycles. The minimum absolute atomic E-state index is 0.100.